The topological polar surface area (TPSA) is 183 Å². The second-order valence-corrected chi connectivity index (χ2v) is 9.92. The molecular weight excluding hydrogens is 478 g/mol. The number of guanidine groups is 2. The number of halogens is 2. The van der Waals surface area contributed by atoms with Gasteiger partial charge in [-0.15, -0.1) is 11.6 Å². The Bertz CT molecular complexity index is 1040. The Kier molecular flexibility index (Phi) is 3.50. The number of aromatic nitrogens is 1. The van der Waals surface area contributed by atoms with Crippen LogP contribution in [0.4, 0.5) is 0 Å². The zero-order valence-electron chi connectivity index (χ0n) is 15.6. The molecule has 1 aromatic rings. The molecule has 10 N–H and O–H groups in total. The number of carbonyl (C=O) groups is 1. The monoisotopic (exact) mass is 497 g/mol. The Labute approximate surface area is 184 Å². The SMILES string of the molecule is NC[C@@H]1[C@@H]2CN3C(=O)c4[nH]cc(Br)c4[C@@H]4N=C(N)NC43[C@@H]2[C@]2(NC(N)=N[C@@H]2O)[C@@H]1Cl. The van der Waals surface area contributed by atoms with Crippen LogP contribution in [0, 0.1) is 17.8 Å². The average molecular weight is 499 g/mol. The predicted molar refractivity (Wildman–Crippen MR) is 112 cm³/mol. The highest BCUT2D eigenvalue weighted by atomic mass is 79.9. The van der Waals surface area contributed by atoms with E-state index >= 15 is 0 Å². The summed E-state index contributed by atoms with van der Waals surface area (Å²) in [6, 6.07) is -0.506. The highest BCUT2D eigenvalue weighted by Crippen LogP contribution is 2.64. The maximum absolute atomic E-state index is 13.6. The molecule has 4 aliphatic heterocycles. The van der Waals surface area contributed by atoms with Gasteiger partial charge in [0.25, 0.3) is 5.91 Å². The van der Waals surface area contributed by atoms with E-state index in [0.29, 0.717) is 18.8 Å². The molecule has 2 fully saturated rings. The number of carbonyl (C=O) groups excluding carboxylic acids is 1. The van der Waals surface area contributed by atoms with Gasteiger partial charge in [-0.05, 0) is 34.3 Å². The second kappa shape index (κ2) is 5.61. The van der Waals surface area contributed by atoms with Crippen molar-refractivity contribution in [3.05, 3.63) is 21.9 Å². The van der Waals surface area contributed by atoms with E-state index in [0.717, 1.165) is 10.0 Å². The number of hydrogen-bond acceptors (Lipinski definition) is 9. The molecule has 13 heteroatoms. The molecule has 30 heavy (non-hydrogen) atoms. The molecule has 11 nitrogen and oxygen atoms in total. The number of rotatable bonds is 1. The molecule has 160 valence electrons. The summed E-state index contributed by atoms with van der Waals surface area (Å²) >= 11 is 10.5. The van der Waals surface area contributed by atoms with E-state index < -0.39 is 34.8 Å². The standard InChI is InChI=1S/C17H21BrClN9O2/c18-6-2-23-8-7(6)11-17(27-14(21)24-11)9-5(3-28(17)12(8)29)4(1-20)10(19)16(9)13(30)25-15(22)26-16/h2,4-5,9-11,13,23,30H,1,3,20H2,(H3,21,24,27)(H3,22,25,26)/t4-,5+,9+,10-,11+,13-,16+,17?/m1/s1. The first-order chi connectivity index (χ1) is 14.3. The fourth-order valence-corrected chi connectivity index (χ4v) is 7.76. The lowest BCUT2D eigenvalue weighted by Gasteiger charge is -2.51. The van der Waals surface area contributed by atoms with Crippen LogP contribution in [0.2, 0.25) is 0 Å². The second-order valence-electron chi connectivity index (χ2n) is 8.60. The molecule has 8 atom stereocenters. The van der Waals surface area contributed by atoms with Crippen molar-refractivity contribution in [1.82, 2.24) is 20.5 Å². The average Bonchev–Trinajstić information content (AvgIpc) is 3.43. The summed E-state index contributed by atoms with van der Waals surface area (Å²) in [7, 11) is 0. The van der Waals surface area contributed by atoms with Gasteiger partial charge in [0, 0.05) is 28.7 Å². The number of aliphatic imine (C=N–C) groups is 2. The van der Waals surface area contributed by atoms with Crippen molar-refractivity contribution < 1.29 is 9.90 Å². The van der Waals surface area contributed by atoms with E-state index in [1.54, 1.807) is 11.1 Å². The third-order valence-electron chi connectivity index (χ3n) is 7.56. The highest BCUT2D eigenvalue weighted by molar-refractivity contribution is 9.10. The molecule has 1 aromatic heterocycles. The fourth-order valence-electron chi connectivity index (χ4n) is 6.64. The number of amides is 1. The first-order valence-electron chi connectivity index (χ1n) is 9.71. The number of fused-ring (bicyclic) bond motifs is 4. The Balaban J connectivity index is 1.61. The maximum atomic E-state index is 13.6. The largest absolute Gasteiger partial charge is 0.370 e. The van der Waals surface area contributed by atoms with Gasteiger partial charge in [-0.2, -0.15) is 0 Å². The van der Waals surface area contributed by atoms with Gasteiger partial charge in [0.15, 0.2) is 18.1 Å². The van der Waals surface area contributed by atoms with Gasteiger partial charge in [0.05, 0.1) is 5.38 Å². The quantitative estimate of drug-likeness (QED) is 0.225. The minimum Gasteiger partial charge on any atom is -0.370 e. The van der Waals surface area contributed by atoms with Crippen molar-refractivity contribution in [2.75, 3.05) is 13.1 Å². The van der Waals surface area contributed by atoms with Gasteiger partial charge in [-0.1, -0.05) is 0 Å². The van der Waals surface area contributed by atoms with Crippen LogP contribution in [0.3, 0.4) is 0 Å². The van der Waals surface area contributed by atoms with E-state index in [-0.39, 0.29) is 29.7 Å². The molecule has 1 unspecified atom stereocenters. The van der Waals surface area contributed by atoms with Crippen LogP contribution >= 0.6 is 27.5 Å². The first-order valence-corrected chi connectivity index (χ1v) is 10.9. The Morgan fingerprint density at radius 3 is 2.73 bits per heavy atom. The molecule has 6 rings (SSSR count). The van der Waals surface area contributed by atoms with Crippen molar-refractivity contribution in [2.45, 2.75) is 28.8 Å². The van der Waals surface area contributed by atoms with Gasteiger partial charge in [0.1, 0.15) is 22.9 Å². The van der Waals surface area contributed by atoms with Crippen LogP contribution in [0.1, 0.15) is 22.1 Å². The summed E-state index contributed by atoms with van der Waals surface area (Å²) in [5, 5.41) is 17.0. The van der Waals surface area contributed by atoms with Crippen molar-refractivity contribution in [3.63, 3.8) is 0 Å². The molecule has 1 amide bonds. The van der Waals surface area contributed by atoms with Crippen molar-refractivity contribution in [1.29, 1.82) is 0 Å². The number of aromatic amines is 1. The summed E-state index contributed by atoms with van der Waals surface area (Å²) in [6.07, 6.45) is 0.523. The Morgan fingerprint density at radius 1 is 1.33 bits per heavy atom. The first kappa shape index (κ1) is 18.7. The smallest absolute Gasteiger partial charge is 0.272 e. The zero-order chi connectivity index (χ0) is 21.2. The number of nitrogens with one attached hydrogen (secondary N) is 3. The van der Waals surface area contributed by atoms with E-state index in [2.05, 4.69) is 41.5 Å². The predicted octanol–water partition coefficient (Wildman–Crippen LogP) is -1.69. The summed E-state index contributed by atoms with van der Waals surface area (Å²) in [4.78, 5) is 27.2. The third-order valence-corrected chi connectivity index (χ3v) is 8.90. The van der Waals surface area contributed by atoms with Gasteiger partial charge in [0.2, 0.25) is 0 Å². The van der Waals surface area contributed by atoms with E-state index in [9.17, 15) is 9.90 Å². The van der Waals surface area contributed by atoms with Gasteiger partial charge in [-0.25, -0.2) is 9.98 Å². The van der Waals surface area contributed by atoms with Gasteiger partial charge in [-0.3, -0.25) is 4.79 Å². The van der Waals surface area contributed by atoms with Crippen LogP contribution in [0.25, 0.3) is 0 Å². The number of aliphatic hydroxyl groups excluding tert-OH is 1. The van der Waals surface area contributed by atoms with Crippen LogP contribution in [-0.2, 0) is 0 Å². The van der Waals surface area contributed by atoms with E-state index in [4.69, 9.17) is 28.8 Å². The third kappa shape index (κ3) is 1.80. The molecule has 5 heterocycles. The molecule has 1 aliphatic carbocycles. The van der Waals surface area contributed by atoms with Gasteiger partial charge < -0.3 is 42.8 Å². The minimum atomic E-state index is -1.20. The minimum absolute atomic E-state index is 0.105. The lowest BCUT2D eigenvalue weighted by Crippen LogP contribution is -2.73. The van der Waals surface area contributed by atoms with Crippen LogP contribution in [0.5, 0.6) is 0 Å². The lowest BCUT2D eigenvalue weighted by molar-refractivity contribution is -0.0124. The van der Waals surface area contributed by atoms with Crippen LogP contribution in [-0.4, -0.2) is 68.7 Å². The lowest BCUT2D eigenvalue weighted by atomic mass is 9.70. The van der Waals surface area contributed by atoms with E-state index in [1.807, 2.05) is 0 Å². The number of H-pyrrole nitrogens is 1. The molecule has 1 saturated heterocycles. The van der Waals surface area contributed by atoms with Crippen molar-refractivity contribution >= 4 is 45.4 Å². The number of nitrogens with two attached hydrogens (primary N) is 3. The van der Waals surface area contributed by atoms with Crippen LogP contribution < -0.4 is 27.8 Å². The Morgan fingerprint density at radius 2 is 2.07 bits per heavy atom. The summed E-state index contributed by atoms with van der Waals surface area (Å²) in [5.74, 6) is -0.555. The Hall–Kier alpha value is -2.02. The molecule has 1 saturated carbocycles. The summed E-state index contributed by atoms with van der Waals surface area (Å²) in [6.45, 7) is 0.687. The summed E-state index contributed by atoms with van der Waals surface area (Å²) < 4.78 is 0.735. The molecule has 0 bridgehead atoms. The zero-order valence-corrected chi connectivity index (χ0v) is 18.0. The van der Waals surface area contributed by atoms with E-state index in [1.165, 1.54) is 0 Å². The highest BCUT2D eigenvalue weighted by Gasteiger charge is 2.79. The fraction of sp³-hybridized carbons (Fsp3) is 0.588. The van der Waals surface area contributed by atoms with Crippen LogP contribution in [0.15, 0.2) is 20.7 Å². The number of alkyl halides is 1. The van der Waals surface area contributed by atoms with Crippen molar-refractivity contribution in [2.24, 2.45) is 44.9 Å². The molecule has 2 spiro atoms. The number of hydrogen-bond donors (Lipinski definition) is 7. The molecule has 0 aromatic carbocycles. The molecule has 0 radical (unpaired) electrons. The summed E-state index contributed by atoms with van der Waals surface area (Å²) in [5.41, 5.74) is 17.3. The van der Waals surface area contributed by atoms with Gasteiger partial charge >= 0.3 is 0 Å². The van der Waals surface area contributed by atoms with Crippen molar-refractivity contribution in [3.8, 4) is 0 Å². The maximum Gasteiger partial charge on any atom is 0.272 e. The number of aliphatic hydroxyl groups is 1. The molecular formula is C17H21BrClN9O2. The molecule has 5 aliphatic rings. The number of nitrogens with zero attached hydrogens (tertiary/aromatic N) is 3. The normalized spacial score (nSPS) is 45.5.